The van der Waals surface area contributed by atoms with E-state index in [4.69, 9.17) is 5.11 Å². The van der Waals surface area contributed by atoms with E-state index < -0.39 is 5.97 Å². The first-order valence-corrected chi connectivity index (χ1v) is 8.09. The molecule has 0 amide bonds. The summed E-state index contributed by atoms with van der Waals surface area (Å²) >= 11 is 0. The fourth-order valence-corrected chi connectivity index (χ4v) is 2.61. The van der Waals surface area contributed by atoms with E-state index in [0.29, 0.717) is 17.0 Å². The highest BCUT2D eigenvalue weighted by Crippen LogP contribution is 2.21. The molecule has 0 unspecified atom stereocenters. The maximum Gasteiger partial charge on any atom is 0.335 e. The second-order valence-corrected chi connectivity index (χ2v) is 5.65. The van der Waals surface area contributed by atoms with Crippen molar-refractivity contribution in [3.05, 3.63) is 78.2 Å². The number of fused-ring (bicyclic) bond motifs is 1. The third-order valence-corrected chi connectivity index (χ3v) is 3.88. The standard InChI is InChI=1S/C19H14N6O2/c26-19(27)14-6-4-5-13(9-14)10-22-24-17-16-11-23-25(18(16)21-12-20-17)15-7-2-1-3-8-15/h1-12H,(H,26,27)(H,20,21,24). The van der Waals surface area contributed by atoms with Crippen LogP contribution in [0.25, 0.3) is 16.7 Å². The number of hydrogen-bond acceptors (Lipinski definition) is 6. The SMILES string of the molecule is O=C(O)c1cccc(C=NNc2ncnc3c2cnn3-c2ccccc2)c1. The van der Waals surface area contributed by atoms with E-state index in [0.717, 1.165) is 11.1 Å². The van der Waals surface area contributed by atoms with E-state index in [1.807, 2.05) is 30.3 Å². The van der Waals surface area contributed by atoms with Gasteiger partial charge < -0.3 is 5.11 Å². The van der Waals surface area contributed by atoms with Crippen LogP contribution in [0.15, 0.2) is 72.2 Å². The Hall–Kier alpha value is -4.07. The summed E-state index contributed by atoms with van der Waals surface area (Å²) in [5, 5.41) is 18.3. The van der Waals surface area contributed by atoms with Crippen LogP contribution in [0.3, 0.4) is 0 Å². The van der Waals surface area contributed by atoms with Crippen molar-refractivity contribution in [2.24, 2.45) is 5.10 Å². The van der Waals surface area contributed by atoms with Crippen LogP contribution < -0.4 is 5.43 Å². The normalized spacial score (nSPS) is 11.1. The van der Waals surface area contributed by atoms with Gasteiger partial charge in [0.15, 0.2) is 11.5 Å². The van der Waals surface area contributed by atoms with Gasteiger partial charge in [-0.3, -0.25) is 5.43 Å². The Balaban J connectivity index is 1.61. The summed E-state index contributed by atoms with van der Waals surface area (Å²) in [5.41, 5.74) is 5.28. The van der Waals surface area contributed by atoms with Crippen LogP contribution >= 0.6 is 0 Å². The van der Waals surface area contributed by atoms with Crippen molar-refractivity contribution < 1.29 is 9.90 Å². The van der Waals surface area contributed by atoms with Gasteiger partial charge in [-0.05, 0) is 29.8 Å². The van der Waals surface area contributed by atoms with Crippen molar-refractivity contribution in [2.45, 2.75) is 0 Å². The van der Waals surface area contributed by atoms with Crippen LogP contribution in [0.5, 0.6) is 0 Å². The Bertz CT molecular complexity index is 1140. The molecule has 8 heteroatoms. The molecule has 0 aliphatic carbocycles. The number of nitrogens with one attached hydrogen (secondary N) is 1. The molecule has 0 bridgehead atoms. The number of hydrazone groups is 1. The number of para-hydroxylation sites is 1. The largest absolute Gasteiger partial charge is 0.478 e. The number of nitrogens with zero attached hydrogens (tertiary/aromatic N) is 5. The maximum absolute atomic E-state index is 11.0. The van der Waals surface area contributed by atoms with Gasteiger partial charge >= 0.3 is 5.97 Å². The molecule has 2 aromatic carbocycles. The summed E-state index contributed by atoms with van der Waals surface area (Å²) in [4.78, 5) is 19.5. The number of aromatic nitrogens is 4. The molecule has 0 aliphatic heterocycles. The molecular formula is C19H14N6O2. The zero-order chi connectivity index (χ0) is 18.6. The fourth-order valence-electron chi connectivity index (χ4n) is 2.61. The predicted octanol–water partition coefficient (Wildman–Crippen LogP) is 2.96. The number of benzene rings is 2. The minimum atomic E-state index is -0.982. The van der Waals surface area contributed by atoms with Crippen LogP contribution in [0.2, 0.25) is 0 Å². The smallest absolute Gasteiger partial charge is 0.335 e. The van der Waals surface area contributed by atoms with Gasteiger partial charge in [-0.15, -0.1) is 0 Å². The van der Waals surface area contributed by atoms with Gasteiger partial charge in [0.25, 0.3) is 0 Å². The molecule has 132 valence electrons. The van der Waals surface area contributed by atoms with Crippen LogP contribution in [0, 0.1) is 0 Å². The molecule has 2 heterocycles. The van der Waals surface area contributed by atoms with Crippen LogP contribution in [0.4, 0.5) is 5.82 Å². The molecule has 8 nitrogen and oxygen atoms in total. The summed E-state index contributed by atoms with van der Waals surface area (Å²) in [6.07, 6.45) is 4.64. The maximum atomic E-state index is 11.0. The summed E-state index contributed by atoms with van der Waals surface area (Å²) in [7, 11) is 0. The number of hydrogen-bond donors (Lipinski definition) is 2. The lowest BCUT2D eigenvalue weighted by atomic mass is 10.1. The molecule has 4 aromatic rings. The number of anilines is 1. The van der Waals surface area contributed by atoms with Crippen LogP contribution in [-0.4, -0.2) is 37.0 Å². The monoisotopic (exact) mass is 358 g/mol. The molecule has 27 heavy (non-hydrogen) atoms. The zero-order valence-electron chi connectivity index (χ0n) is 14.0. The lowest BCUT2D eigenvalue weighted by Gasteiger charge is -2.03. The Labute approximate surface area is 153 Å². The molecule has 0 fully saturated rings. The fraction of sp³-hybridized carbons (Fsp3) is 0. The van der Waals surface area contributed by atoms with E-state index in [2.05, 4.69) is 25.6 Å². The molecule has 2 aromatic heterocycles. The third-order valence-electron chi connectivity index (χ3n) is 3.88. The number of carboxylic acid groups (broad SMARTS) is 1. The minimum absolute atomic E-state index is 0.201. The summed E-state index contributed by atoms with van der Waals surface area (Å²) < 4.78 is 1.72. The molecule has 0 saturated carbocycles. The first kappa shape index (κ1) is 16.4. The Morgan fingerprint density at radius 2 is 1.96 bits per heavy atom. The molecule has 0 atom stereocenters. The molecular weight excluding hydrogens is 344 g/mol. The minimum Gasteiger partial charge on any atom is -0.478 e. The average Bonchev–Trinajstić information content (AvgIpc) is 3.14. The molecule has 0 radical (unpaired) electrons. The lowest BCUT2D eigenvalue weighted by Crippen LogP contribution is -2.00. The van der Waals surface area contributed by atoms with Crippen molar-refractivity contribution in [1.82, 2.24) is 19.7 Å². The van der Waals surface area contributed by atoms with Crippen molar-refractivity contribution in [1.29, 1.82) is 0 Å². The number of rotatable bonds is 5. The Morgan fingerprint density at radius 3 is 2.78 bits per heavy atom. The Kier molecular flexibility index (Phi) is 4.28. The molecule has 0 spiro atoms. The van der Waals surface area contributed by atoms with Gasteiger partial charge in [-0.1, -0.05) is 30.3 Å². The number of carboxylic acids is 1. The molecule has 4 rings (SSSR count). The lowest BCUT2D eigenvalue weighted by molar-refractivity contribution is 0.0697. The first-order chi connectivity index (χ1) is 13.2. The zero-order valence-corrected chi connectivity index (χ0v) is 14.0. The highest BCUT2D eigenvalue weighted by molar-refractivity contribution is 5.91. The molecule has 0 saturated heterocycles. The van der Waals surface area contributed by atoms with Gasteiger partial charge in [0, 0.05) is 0 Å². The van der Waals surface area contributed by atoms with E-state index in [9.17, 15) is 4.79 Å². The summed E-state index contributed by atoms with van der Waals surface area (Å²) in [6, 6.07) is 16.2. The first-order valence-electron chi connectivity index (χ1n) is 8.09. The van der Waals surface area contributed by atoms with E-state index in [1.54, 1.807) is 23.0 Å². The van der Waals surface area contributed by atoms with Gasteiger partial charge in [0.05, 0.1) is 29.0 Å². The van der Waals surface area contributed by atoms with Crippen LogP contribution in [0.1, 0.15) is 15.9 Å². The van der Waals surface area contributed by atoms with E-state index in [1.165, 1.54) is 24.7 Å². The van der Waals surface area contributed by atoms with Crippen molar-refractivity contribution >= 4 is 29.0 Å². The average molecular weight is 358 g/mol. The number of aromatic carboxylic acids is 1. The van der Waals surface area contributed by atoms with Gasteiger partial charge in [-0.2, -0.15) is 10.2 Å². The number of carbonyl (C=O) groups is 1. The van der Waals surface area contributed by atoms with Gasteiger partial charge in [0.1, 0.15) is 6.33 Å². The van der Waals surface area contributed by atoms with E-state index >= 15 is 0 Å². The molecule has 0 aliphatic rings. The summed E-state index contributed by atoms with van der Waals surface area (Å²) in [6.45, 7) is 0. The Morgan fingerprint density at radius 1 is 1.11 bits per heavy atom. The second-order valence-electron chi connectivity index (χ2n) is 5.65. The topological polar surface area (TPSA) is 105 Å². The second kappa shape index (κ2) is 7.04. The molecule has 2 N–H and O–H groups in total. The van der Waals surface area contributed by atoms with Crippen molar-refractivity contribution in [3.63, 3.8) is 0 Å². The van der Waals surface area contributed by atoms with Gasteiger partial charge in [0.2, 0.25) is 0 Å². The van der Waals surface area contributed by atoms with Crippen molar-refractivity contribution in [3.8, 4) is 5.69 Å². The van der Waals surface area contributed by atoms with Crippen LogP contribution in [-0.2, 0) is 0 Å². The highest BCUT2D eigenvalue weighted by atomic mass is 16.4. The third kappa shape index (κ3) is 3.36. The highest BCUT2D eigenvalue weighted by Gasteiger charge is 2.10. The van der Waals surface area contributed by atoms with Crippen molar-refractivity contribution in [2.75, 3.05) is 5.43 Å². The van der Waals surface area contributed by atoms with Gasteiger partial charge in [-0.25, -0.2) is 19.4 Å². The predicted molar refractivity (Wildman–Crippen MR) is 101 cm³/mol. The quantitative estimate of drug-likeness (QED) is 0.420. The summed E-state index contributed by atoms with van der Waals surface area (Å²) in [5.74, 6) is -0.475. The van der Waals surface area contributed by atoms with E-state index in [-0.39, 0.29) is 5.56 Å².